The van der Waals surface area contributed by atoms with Crippen LogP contribution in [-0.2, 0) is 4.79 Å². The highest BCUT2D eigenvalue weighted by atomic mass is 35.5. The van der Waals surface area contributed by atoms with Gasteiger partial charge in [-0.3, -0.25) is 4.79 Å². The lowest BCUT2D eigenvalue weighted by atomic mass is 10.00. The fourth-order valence-corrected chi connectivity index (χ4v) is 2.21. The van der Waals surface area contributed by atoms with Crippen LogP contribution in [0.15, 0.2) is 48.5 Å². The van der Waals surface area contributed by atoms with E-state index in [0.29, 0.717) is 16.1 Å². The second-order valence-electron chi connectivity index (χ2n) is 5.09. The molecule has 2 aromatic rings. The molecule has 22 heavy (non-hydrogen) atoms. The van der Waals surface area contributed by atoms with Crippen molar-refractivity contribution in [3.63, 3.8) is 0 Å². The van der Waals surface area contributed by atoms with Gasteiger partial charge in [-0.15, -0.1) is 0 Å². The normalized spacial score (nSPS) is 13.5. The van der Waals surface area contributed by atoms with E-state index in [0.717, 1.165) is 0 Å². The van der Waals surface area contributed by atoms with Gasteiger partial charge in [0.25, 0.3) is 0 Å². The van der Waals surface area contributed by atoms with Crippen LogP contribution in [0.1, 0.15) is 30.1 Å². The van der Waals surface area contributed by atoms with Crippen LogP contribution in [-0.4, -0.2) is 17.6 Å². The molecular formula is C17H17ClFNO2. The van der Waals surface area contributed by atoms with Crippen molar-refractivity contribution in [2.75, 3.05) is 6.54 Å². The summed E-state index contributed by atoms with van der Waals surface area (Å²) in [5.41, 5.74) is 1.27. The second-order valence-corrected chi connectivity index (χ2v) is 5.53. The third-order valence-corrected chi connectivity index (χ3v) is 3.72. The van der Waals surface area contributed by atoms with Gasteiger partial charge in [-0.05, 0) is 42.3 Å². The van der Waals surface area contributed by atoms with Crippen molar-refractivity contribution in [3.8, 4) is 0 Å². The van der Waals surface area contributed by atoms with Crippen LogP contribution in [0, 0.1) is 5.82 Å². The average Bonchev–Trinajstić information content (AvgIpc) is 2.52. The van der Waals surface area contributed by atoms with E-state index < -0.39 is 12.0 Å². The van der Waals surface area contributed by atoms with Crippen molar-refractivity contribution in [3.05, 3.63) is 70.5 Å². The number of benzene rings is 2. The number of carbonyl (C=O) groups excluding carboxylic acids is 1. The molecule has 2 atom stereocenters. The molecule has 0 radical (unpaired) electrons. The van der Waals surface area contributed by atoms with E-state index in [1.54, 1.807) is 43.3 Å². The minimum atomic E-state index is -0.819. The monoisotopic (exact) mass is 321 g/mol. The highest BCUT2D eigenvalue weighted by Crippen LogP contribution is 2.18. The van der Waals surface area contributed by atoms with Gasteiger partial charge in [0.05, 0.1) is 12.0 Å². The van der Waals surface area contributed by atoms with Gasteiger partial charge in [0, 0.05) is 11.6 Å². The zero-order valence-electron chi connectivity index (χ0n) is 12.1. The zero-order chi connectivity index (χ0) is 16.1. The molecule has 2 N–H and O–H groups in total. The van der Waals surface area contributed by atoms with E-state index in [-0.39, 0.29) is 18.3 Å². The molecule has 2 rings (SSSR count). The van der Waals surface area contributed by atoms with E-state index >= 15 is 0 Å². The summed E-state index contributed by atoms with van der Waals surface area (Å²) in [6.07, 6.45) is -0.819. The number of rotatable bonds is 5. The van der Waals surface area contributed by atoms with Gasteiger partial charge in [-0.1, -0.05) is 35.9 Å². The maximum absolute atomic E-state index is 13.2. The van der Waals surface area contributed by atoms with Crippen molar-refractivity contribution in [1.29, 1.82) is 0 Å². The SMILES string of the molecule is CC(C(=O)NCC(O)c1ccc(Cl)cc1)c1cccc(F)c1. The Bertz CT molecular complexity index is 645. The first-order valence-electron chi connectivity index (χ1n) is 6.94. The van der Waals surface area contributed by atoms with Crippen LogP contribution in [0.5, 0.6) is 0 Å². The highest BCUT2D eigenvalue weighted by Gasteiger charge is 2.17. The summed E-state index contributed by atoms with van der Waals surface area (Å²) in [4.78, 5) is 12.1. The average molecular weight is 322 g/mol. The third kappa shape index (κ3) is 4.29. The molecule has 116 valence electrons. The molecule has 3 nitrogen and oxygen atoms in total. The van der Waals surface area contributed by atoms with Crippen molar-refractivity contribution in [2.24, 2.45) is 0 Å². The van der Waals surface area contributed by atoms with Gasteiger partial charge in [0.2, 0.25) is 5.91 Å². The van der Waals surface area contributed by atoms with E-state index in [4.69, 9.17) is 11.6 Å². The minimum Gasteiger partial charge on any atom is -0.387 e. The summed E-state index contributed by atoms with van der Waals surface area (Å²) in [7, 11) is 0. The maximum atomic E-state index is 13.2. The first kappa shape index (κ1) is 16.5. The molecule has 0 bridgehead atoms. The quantitative estimate of drug-likeness (QED) is 0.886. The largest absolute Gasteiger partial charge is 0.387 e. The molecule has 0 saturated heterocycles. The van der Waals surface area contributed by atoms with Crippen molar-refractivity contribution >= 4 is 17.5 Å². The van der Waals surface area contributed by atoms with Gasteiger partial charge >= 0.3 is 0 Å². The Hall–Kier alpha value is -1.91. The summed E-state index contributed by atoms with van der Waals surface area (Å²) < 4.78 is 13.2. The zero-order valence-corrected chi connectivity index (χ0v) is 12.8. The summed E-state index contributed by atoms with van der Waals surface area (Å²) in [6.45, 7) is 1.78. The molecule has 1 amide bonds. The van der Waals surface area contributed by atoms with E-state index in [9.17, 15) is 14.3 Å². The number of hydrogen-bond donors (Lipinski definition) is 2. The van der Waals surface area contributed by atoms with E-state index in [2.05, 4.69) is 5.32 Å². The smallest absolute Gasteiger partial charge is 0.227 e. The standard InChI is InChI=1S/C17H17ClFNO2/c1-11(13-3-2-4-15(19)9-13)17(22)20-10-16(21)12-5-7-14(18)8-6-12/h2-9,11,16,21H,10H2,1H3,(H,20,22). The van der Waals surface area contributed by atoms with Crippen LogP contribution in [0.25, 0.3) is 0 Å². The van der Waals surface area contributed by atoms with E-state index in [1.165, 1.54) is 12.1 Å². The Morgan fingerprint density at radius 1 is 1.23 bits per heavy atom. The Morgan fingerprint density at radius 2 is 1.91 bits per heavy atom. The molecule has 0 saturated carbocycles. The molecule has 2 aromatic carbocycles. The summed E-state index contributed by atoms with van der Waals surface area (Å²) in [6, 6.07) is 12.7. The van der Waals surface area contributed by atoms with Gasteiger partial charge in [-0.25, -0.2) is 4.39 Å². The molecule has 2 unspecified atom stereocenters. The second kappa shape index (κ2) is 7.38. The van der Waals surface area contributed by atoms with Crippen molar-refractivity contribution in [2.45, 2.75) is 18.9 Å². The first-order valence-corrected chi connectivity index (χ1v) is 7.32. The highest BCUT2D eigenvalue weighted by molar-refractivity contribution is 6.30. The molecule has 0 spiro atoms. The van der Waals surface area contributed by atoms with Gasteiger partial charge < -0.3 is 10.4 Å². The topological polar surface area (TPSA) is 49.3 Å². The summed E-state index contributed by atoms with van der Waals surface area (Å²) >= 11 is 5.78. The molecule has 0 aliphatic carbocycles. The third-order valence-electron chi connectivity index (χ3n) is 3.47. The fraction of sp³-hybridized carbons (Fsp3) is 0.235. The molecule has 0 heterocycles. The van der Waals surface area contributed by atoms with Crippen LogP contribution in [0.4, 0.5) is 4.39 Å². The predicted molar refractivity (Wildman–Crippen MR) is 84.2 cm³/mol. The lowest BCUT2D eigenvalue weighted by Crippen LogP contribution is -2.31. The van der Waals surface area contributed by atoms with Gasteiger partial charge in [0.15, 0.2) is 0 Å². The minimum absolute atomic E-state index is 0.0835. The number of amides is 1. The summed E-state index contributed by atoms with van der Waals surface area (Å²) in [5, 5.41) is 13.3. The van der Waals surface area contributed by atoms with E-state index in [1.807, 2.05) is 0 Å². The van der Waals surface area contributed by atoms with Crippen LogP contribution < -0.4 is 5.32 Å². The molecular weight excluding hydrogens is 305 g/mol. The van der Waals surface area contributed by atoms with Crippen molar-refractivity contribution < 1.29 is 14.3 Å². The number of carbonyl (C=O) groups is 1. The number of halogens is 2. The lowest BCUT2D eigenvalue weighted by Gasteiger charge is -2.16. The van der Waals surface area contributed by atoms with Gasteiger partial charge in [0.1, 0.15) is 5.82 Å². The molecule has 0 aromatic heterocycles. The Labute approximate surface area is 133 Å². The molecule has 0 aliphatic heterocycles. The molecule has 5 heteroatoms. The number of aliphatic hydroxyl groups is 1. The number of nitrogens with one attached hydrogen (secondary N) is 1. The number of hydrogen-bond acceptors (Lipinski definition) is 2. The summed E-state index contributed by atoms with van der Waals surface area (Å²) in [5.74, 6) is -1.13. The Morgan fingerprint density at radius 3 is 2.55 bits per heavy atom. The maximum Gasteiger partial charge on any atom is 0.227 e. The molecule has 0 aliphatic rings. The fourth-order valence-electron chi connectivity index (χ4n) is 2.08. The Balaban J connectivity index is 1.93. The first-order chi connectivity index (χ1) is 10.5. The van der Waals surface area contributed by atoms with Crippen LogP contribution >= 0.6 is 11.6 Å². The van der Waals surface area contributed by atoms with Crippen molar-refractivity contribution in [1.82, 2.24) is 5.32 Å². The van der Waals surface area contributed by atoms with Crippen LogP contribution in [0.2, 0.25) is 5.02 Å². The predicted octanol–water partition coefficient (Wildman–Crippen LogP) is 3.43. The number of aliphatic hydroxyl groups excluding tert-OH is 1. The molecule has 0 fully saturated rings. The van der Waals surface area contributed by atoms with Crippen LogP contribution in [0.3, 0.4) is 0 Å². The van der Waals surface area contributed by atoms with Gasteiger partial charge in [-0.2, -0.15) is 0 Å². The lowest BCUT2D eigenvalue weighted by molar-refractivity contribution is -0.122. The Kier molecular flexibility index (Phi) is 5.52.